The highest BCUT2D eigenvalue weighted by atomic mass is 32.1. The van der Waals surface area contributed by atoms with Crippen LogP contribution < -0.4 is 15.8 Å². The lowest BCUT2D eigenvalue weighted by atomic mass is 10.5. The van der Waals surface area contributed by atoms with Gasteiger partial charge in [-0.15, -0.1) is 0 Å². The van der Waals surface area contributed by atoms with Crippen molar-refractivity contribution in [3.63, 3.8) is 0 Å². The lowest BCUT2D eigenvalue weighted by Crippen LogP contribution is -2.30. The van der Waals surface area contributed by atoms with Gasteiger partial charge in [0.15, 0.2) is 5.82 Å². The Balaban J connectivity index is 2.71. The zero-order valence-corrected chi connectivity index (χ0v) is 10.3. The van der Waals surface area contributed by atoms with Crippen LogP contribution in [0.2, 0.25) is 0 Å². The summed E-state index contributed by atoms with van der Waals surface area (Å²) in [4.78, 5) is 26.6. The van der Waals surface area contributed by atoms with Gasteiger partial charge < -0.3 is 15.2 Å². The fourth-order valence-corrected chi connectivity index (χ4v) is 1.77. The molecule has 17 heavy (non-hydrogen) atoms. The number of alkyl carbamates (subject to hydrolysis) is 1. The van der Waals surface area contributed by atoms with Crippen LogP contribution in [0.25, 0.3) is 0 Å². The number of amides is 2. The predicted octanol–water partition coefficient (Wildman–Crippen LogP) is 1.01. The highest BCUT2D eigenvalue weighted by Crippen LogP contribution is 2.26. The van der Waals surface area contributed by atoms with Crippen LogP contribution in [0.15, 0.2) is 0 Å². The van der Waals surface area contributed by atoms with E-state index in [1.54, 1.807) is 13.8 Å². The molecule has 0 saturated carbocycles. The molecule has 0 atom stereocenters. The van der Waals surface area contributed by atoms with Gasteiger partial charge in [-0.25, -0.2) is 4.79 Å². The molecule has 0 bridgehead atoms. The number of rotatable bonds is 4. The van der Waals surface area contributed by atoms with Gasteiger partial charge in [-0.2, -0.15) is 4.98 Å². The van der Waals surface area contributed by atoms with E-state index in [-0.39, 0.29) is 17.3 Å². The molecule has 0 fully saturated rings. The molecule has 0 aliphatic carbocycles. The number of carbonyl (C=O) groups is 2. The number of thiazole rings is 1. The molecule has 1 rings (SSSR count). The van der Waals surface area contributed by atoms with Gasteiger partial charge in [0.25, 0.3) is 11.1 Å². The van der Waals surface area contributed by atoms with Crippen LogP contribution in [0.5, 0.6) is 5.19 Å². The molecule has 0 radical (unpaired) electrons. The van der Waals surface area contributed by atoms with Crippen LogP contribution in [0.4, 0.5) is 10.6 Å². The number of nitrogen functional groups attached to an aromatic ring is 1. The molecule has 0 aliphatic rings. The molecule has 8 heteroatoms. The molecule has 2 amide bonds. The van der Waals surface area contributed by atoms with Crippen LogP contribution in [0, 0.1) is 0 Å². The monoisotopic (exact) mass is 259 g/mol. The van der Waals surface area contributed by atoms with Crippen LogP contribution in [0.3, 0.4) is 0 Å². The molecule has 94 valence electrons. The SMILES string of the molecule is CCOC(=O)NC(=O)c1sc(OCC)nc1N. The zero-order valence-electron chi connectivity index (χ0n) is 9.48. The molecule has 1 aromatic heterocycles. The van der Waals surface area contributed by atoms with E-state index >= 15 is 0 Å². The highest BCUT2D eigenvalue weighted by molar-refractivity contribution is 7.16. The number of hydrogen-bond donors (Lipinski definition) is 2. The average molecular weight is 259 g/mol. The van der Waals surface area contributed by atoms with E-state index in [1.165, 1.54) is 0 Å². The van der Waals surface area contributed by atoms with Gasteiger partial charge in [-0.3, -0.25) is 10.1 Å². The lowest BCUT2D eigenvalue weighted by molar-refractivity contribution is 0.0929. The topological polar surface area (TPSA) is 104 Å². The maximum atomic E-state index is 11.6. The Morgan fingerprint density at radius 1 is 1.41 bits per heavy atom. The number of anilines is 1. The molecule has 1 heterocycles. The zero-order chi connectivity index (χ0) is 12.8. The number of nitrogens with one attached hydrogen (secondary N) is 1. The van der Waals surface area contributed by atoms with Crippen molar-refractivity contribution in [3.8, 4) is 5.19 Å². The Morgan fingerprint density at radius 3 is 2.71 bits per heavy atom. The number of ether oxygens (including phenoxy) is 2. The van der Waals surface area contributed by atoms with Gasteiger partial charge in [0, 0.05) is 0 Å². The van der Waals surface area contributed by atoms with E-state index in [0.29, 0.717) is 11.8 Å². The Morgan fingerprint density at radius 2 is 2.12 bits per heavy atom. The first-order chi connectivity index (χ1) is 8.08. The first-order valence-corrected chi connectivity index (χ1v) is 5.77. The van der Waals surface area contributed by atoms with Gasteiger partial charge in [0.2, 0.25) is 0 Å². The smallest absolute Gasteiger partial charge is 0.414 e. The Bertz CT molecular complexity index is 418. The second-order valence-electron chi connectivity index (χ2n) is 2.80. The van der Waals surface area contributed by atoms with Gasteiger partial charge in [0.05, 0.1) is 13.2 Å². The van der Waals surface area contributed by atoms with E-state index in [2.05, 4.69) is 9.72 Å². The summed E-state index contributed by atoms with van der Waals surface area (Å²) < 4.78 is 9.67. The summed E-state index contributed by atoms with van der Waals surface area (Å²) in [6.45, 7) is 4.03. The molecule has 1 aromatic rings. The number of nitrogens with zero attached hydrogens (tertiary/aromatic N) is 1. The standard InChI is InChI=1S/C9H13N3O4S/c1-3-15-8(14)12-7(13)5-6(10)11-9(17-5)16-4-2/h3-4,10H2,1-2H3,(H,12,13,14). The molecule has 0 unspecified atom stereocenters. The fraction of sp³-hybridized carbons (Fsp3) is 0.444. The third-order valence-corrected chi connectivity index (χ3v) is 2.58. The number of imide groups is 1. The van der Waals surface area contributed by atoms with E-state index in [4.69, 9.17) is 10.5 Å². The van der Waals surface area contributed by atoms with Crippen LogP contribution in [0.1, 0.15) is 23.5 Å². The summed E-state index contributed by atoms with van der Waals surface area (Å²) in [5.74, 6) is -0.621. The Kier molecular flexibility index (Phi) is 4.70. The number of nitrogens with two attached hydrogens (primary N) is 1. The minimum Gasteiger partial charge on any atom is -0.470 e. The second-order valence-corrected chi connectivity index (χ2v) is 3.76. The van der Waals surface area contributed by atoms with Crippen molar-refractivity contribution in [1.29, 1.82) is 0 Å². The normalized spacial score (nSPS) is 9.76. The third-order valence-electron chi connectivity index (χ3n) is 1.60. The summed E-state index contributed by atoms with van der Waals surface area (Å²) in [5.41, 5.74) is 5.53. The summed E-state index contributed by atoms with van der Waals surface area (Å²) in [6, 6.07) is 0. The number of aromatic nitrogens is 1. The van der Waals surface area contributed by atoms with Crippen molar-refractivity contribution in [1.82, 2.24) is 10.3 Å². The summed E-state index contributed by atoms with van der Waals surface area (Å²) in [6.07, 6.45) is -0.816. The van der Waals surface area contributed by atoms with Crippen molar-refractivity contribution in [3.05, 3.63) is 4.88 Å². The quantitative estimate of drug-likeness (QED) is 0.836. The maximum absolute atomic E-state index is 11.6. The van der Waals surface area contributed by atoms with E-state index in [0.717, 1.165) is 11.3 Å². The summed E-state index contributed by atoms with van der Waals surface area (Å²) >= 11 is 0.974. The summed E-state index contributed by atoms with van der Waals surface area (Å²) in [5, 5.41) is 2.32. The molecular weight excluding hydrogens is 246 g/mol. The van der Waals surface area contributed by atoms with E-state index in [9.17, 15) is 9.59 Å². The van der Waals surface area contributed by atoms with Crippen LogP contribution in [-0.4, -0.2) is 30.2 Å². The van der Waals surface area contributed by atoms with Gasteiger partial charge in [-0.1, -0.05) is 11.3 Å². The second kappa shape index (κ2) is 6.04. The molecule has 0 spiro atoms. The van der Waals surface area contributed by atoms with Gasteiger partial charge in [-0.05, 0) is 13.8 Å². The Labute approximate surface area is 102 Å². The molecule has 7 nitrogen and oxygen atoms in total. The fourth-order valence-electron chi connectivity index (χ4n) is 0.976. The highest BCUT2D eigenvalue weighted by Gasteiger charge is 2.19. The number of hydrogen-bond acceptors (Lipinski definition) is 7. The summed E-state index contributed by atoms with van der Waals surface area (Å²) in [7, 11) is 0. The number of carbonyl (C=O) groups excluding carboxylic acids is 2. The van der Waals surface area contributed by atoms with Crippen molar-refractivity contribution < 1.29 is 19.1 Å². The van der Waals surface area contributed by atoms with Gasteiger partial charge >= 0.3 is 6.09 Å². The molecular formula is C9H13N3O4S. The van der Waals surface area contributed by atoms with Gasteiger partial charge in [0.1, 0.15) is 4.88 Å². The average Bonchev–Trinajstić information content (AvgIpc) is 2.60. The predicted molar refractivity (Wildman–Crippen MR) is 62.2 cm³/mol. The Hall–Kier alpha value is -1.83. The van der Waals surface area contributed by atoms with Crippen molar-refractivity contribution >= 4 is 29.2 Å². The maximum Gasteiger partial charge on any atom is 0.414 e. The first kappa shape index (κ1) is 13.2. The molecule has 0 saturated heterocycles. The van der Waals surface area contributed by atoms with E-state index in [1.807, 2.05) is 5.32 Å². The molecule has 3 N–H and O–H groups in total. The third kappa shape index (κ3) is 3.59. The van der Waals surface area contributed by atoms with E-state index < -0.39 is 12.0 Å². The van der Waals surface area contributed by atoms with Crippen molar-refractivity contribution in [2.75, 3.05) is 18.9 Å². The minimum atomic E-state index is -0.816. The molecule has 0 aliphatic heterocycles. The first-order valence-electron chi connectivity index (χ1n) is 4.95. The van der Waals surface area contributed by atoms with Crippen LogP contribution >= 0.6 is 11.3 Å². The van der Waals surface area contributed by atoms with Crippen molar-refractivity contribution in [2.45, 2.75) is 13.8 Å². The van der Waals surface area contributed by atoms with Crippen LogP contribution in [-0.2, 0) is 4.74 Å². The molecule has 0 aromatic carbocycles. The lowest BCUT2D eigenvalue weighted by Gasteiger charge is -2.01. The minimum absolute atomic E-state index is 0.0280. The largest absolute Gasteiger partial charge is 0.470 e. The van der Waals surface area contributed by atoms with Crippen molar-refractivity contribution in [2.24, 2.45) is 0 Å².